The summed E-state index contributed by atoms with van der Waals surface area (Å²) in [4.78, 5) is 21.3. The monoisotopic (exact) mass is 382 g/mol. The summed E-state index contributed by atoms with van der Waals surface area (Å²) in [5.41, 5.74) is 3.17. The van der Waals surface area contributed by atoms with Gasteiger partial charge in [-0.25, -0.2) is 9.97 Å². The van der Waals surface area contributed by atoms with Gasteiger partial charge in [0, 0.05) is 16.4 Å². The molecular formula is C20H19ClN4O2. The van der Waals surface area contributed by atoms with Gasteiger partial charge in [-0.1, -0.05) is 29.8 Å². The van der Waals surface area contributed by atoms with Crippen LogP contribution in [-0.4, -0.2) is 23.0 Å². The molecular weight excluding hydrogens is 364 g/mol. The quantitative estimate of drug-likeness (QED) is 0.665. The molecule has 0 radical (unpaired) electrons. The van der Waals surface area contributed by atoms with Crippen molar-refractivity contribution >= 4 is 34.8 Å². The highest BCUT2D eigenvalue weighted by atomic mass is 35.5. The van der Waals surface area contributed by atoms with Crippen molar-refractivity contribution in [1.29, 1.82) is 0 Å². The minimum atomic E-state index is -0.339. The third kappa shape index (κ3) is 4.54. The Bertz CT molecular complexity index is 991. The first kappa shape index (κ1) is 18.7. The van der Waals surface area contributed by atoms with E-state index in [9.17, 15) is 4.79 Å². The van der Waals surface area contributed by atoms with Gasteiger partial charge >= 0.3 is 0 Å². The Balaban J connectivity index is 1.86. The van der Waals surface area contributed by atoms with Crippen LogP contribution >= 0.6 is 11.6 Å². The van der Waals surface area contributed by atoms with E-state index in [1.54, 1.807) is 32.2 Å². The van der Waals surface area contributed by atoms with Gasteiger partial charge in [0.25, 0.3) is 5.91 Å². The van der Waals surface area contributed by atoms with Crippen LogP contribution in [0.4, 0.5) is 17.3 Å². The number of aromatic nitrogens is 2. The van der Waals surface area contributed by atoms with Gasteiger partial charge < -0.3 is 15.4 Å². The molecule has 0 spiro atoms. The van der Waals surface area contributed by atoms with E-state index < -0.39 is 0 Å². The molecule has 0 saturated heterocycles. The number of carbonyl (C=O) groups is 1. The molecule has 1 amide bonds. The second-order valence-corrected chi connectivity index (χ2v) is 6.39. The van der Waals surface area contributed by atoms with Crippen LogP contribution in [-0.2, 0) is 0 Å². The maximum absolute atomic E-state index is 12.7. The fourth-order valence-electron chi connectivity index (χ4n) is 2.52. The van der Waals surface area contributed by atoms with Gasteiger partial charge in [0.05, 0.1) is 12.8 Å². The summed E-state index contributed by atoms with van der Waals surface area (Å²) in [6, 6.07) is 14.4. The van der Waals surface area contributed by atoms with Crippen LogP contribution in [0.5, 0.6) is 5.75 Å². The van der Waals surface area contributed by atoms with Gasteiger partial charge in [0.2, 0.25) is 5.95 Å². The van der Waals surface area contributed by atoms with Crippen LogP contribution in [0, 0.1) is 13.8 Å². The fourth-order valence-corrected chi connectivity index (χ4v) is 2.70. The van der Waals surface area contributed by atoms with E-state index in [0.29, 0.717) is 33.8 Å². The highest BCUT2D eigenvalue weighted by Gasteiger charge is 2.13. The summed E-state index contributed by atoms with van der Waals surface area (Å²) in [5.74, 6) is 0.629. The zero-order chi connectivity index (χ0) is 19.4. The lowest BCUT2D eigenvalue weighted by Crippen LogP contribution is -2.16. The number of carbonyl (C=O) groups excluding carboxylic acids is 1. The Morgan fingerprint density at radius 2 is 1.81 bits per heavy atom. The van der Waals surface area contributed by atoms with Gasteiger partial charge in [-0.15, -0.1) is 0 Å². The lowest BCUT2D eigenvalue weighted by atomic mass is 10.2. The molecule has 2 aromatic carbocycles. The van der Waals surface area contributed by atoms with Crippen molar-refractivity contribution in [2.24, 2.45) is 0 Å². The van der Waals surface area contributed by atoms with Gasteiger partial charge in [-0.2, -0.15) is 0 Å². The minimum absolute atomic E-state index is 0.249. The van der Waals surface area contributed by atoms with Crippen LogP contribution in [0.3, 0.4) is 0 Å². The largest absolute Gasteiger partial charge is 0.495 e. The van der Waals surface area contributed by atoms with Crippen molar-refractivity contribution in [1.82, 2.24) is 9.97 Å². The summed E-state index contributed by atoms with van der Waals surface area (Å²) < 4.78 is 5.32. The van der Waals surface area contributed by atoms with Crippen molar-refractivity contribution in [3.05, 3.63) is 70.5 Å². The minimum Gasteiger partial charge on any atom is -0.495 e. The van der Waals surface area contributed by atoms with Gasteiger partial charge in [0.15, 0.2) is 0 Å². The zero-order valence-corrected chi connectivity index (χ0v) is 16.0. The number of anilines is 3. The topological polar surface area (TPSA) is 76.1 Å². The molecule has 0 saturated carbocycles. The number of para-hydroxylation sites is 2. The van der Waals surface area contributed by atoms with Crippen molar-refractivity contribution in [3.63, 3.8) is 0 Å². The molecule has 138 valence electrons. The highest BCUT2D eigenvalue weighted by molar-refractivity contribution is 6.31. The molecule has 0 bridgehead atoms. The van der Waals surface area contributed by atoms with Crippen molar-refractivity contribution in [3.8, 4) is 5.75 Å². The number of amides is 1. The Kier molecular flexibility index (Phi) is 5.57. The predicted octanol–water partition coefficient (Wildman–Crippen LogP) is 4.75. The standard InChI is InChI=1S/C20H19ClN4O2/c1-12-8-9-14(21)11-16(12)23-19(26)17-10-13(2)22-20(25-17)24-15-6-4-5-7-18(15)27-3/h4-11H,1-3H3,(H,23,26)(H,22,24,25). The molecule has 0 unspecified atom stereocenters. The molecule has 0 fully saturated rings. The number of hydrogen-bond donors (Lipinski definition) is 2. The van der Waals surface area contributed by atoms with Crippen LogP contribution in [0.25, 0.3) is 0 Å². The van der Waals surface area contributed by atoms with E-state index in [0.717, 1.165) is 5.56 Å². The number of benzene rings is 2. The Morgan fingerprint density at radius 3 is 2.59 bits per heavy atom. The van der Waals surface area contributed by atoms with Crippen LogP contribution in [0.2, 0.25) is 5.02 Å². The van der Waals surface area contributed by atoms with E-state index in [1.165, 1.54) is 0 Å². The predicted molar refractivity (Wildman–Crippen MR) is 107 cm³/mol. The highest BCUT2D eigenvalue weighted by Crippen LogP contribution is 2.26. The summed E-state index contributed by atoms with van der Waals surface area (Å²) in [7, 11) is 1.59. The molecule has 0 aliphatic carbocycles. The maximum Gasteiger partial charge on any atom is 0.274 e. The molecule has 0 atom stereocenters. The average molecular weight is 383 g/mol. The smallest absolute Gasteiger partial charge is 0.274 e. The third-order valence-electron chi connectivity index (χ3n) is 3.89. The van der Waals surface area contributed by atoms with Crippen molar-refractivity contribution < 1.29 is 9.53 Å². The van der Waals surface area contributed by atoms with E-state index in [2.05, 4.69) is 20.6 Å². The lowest BCUT2D eigenvalue weighted by Gasteiger charge is -2.12. The van der Waals surface area contributed by atoms with Gasteiger partial charge in [0.1, 0.15) is 11.4 Å². The second kappa shape index (κ2) is 8.05. The van der Waals surface area contributed by atoms with Crippen molar-refractivity contribution in [2.45, 2.75) is 13.8 Å². The Morgan fingerprint density at radius 1 is 1.04 bits per heavy atom. The summed E-state index contributed by atoms with van der Waals surface area (Å²) in [6.45, 7) is 3.70. The molecule has 7 heteroatoms. The average Bonchev–Trinajstić information content (AvgIpc) is 2.64. The molecule has 2 N–H and O–H groups in total. The first-order valence-corrected chi connectivity index (χ1v) is 8.67. The van der Waals surface area contributed by atoms with Crippen LogP contribution in [0.1, 0.15) is 21.7 Å². The Hall–Kier alpha value is -3.12. The van der Waals surface area contributed by atoms with E-state index >= 15 is 0 Å². The first-order valence-electron chi connectivity index (χ1n) is 8.29. The number of halogens is 1. The molecule has 27 heavy (non-hydrogen) atoms. The Labute approximate surface area is 162 Å². The van der Waals surface area contributed by atoms with Gasteiger partial charge in [-0.3, -0.25) is 4.79 Å². The molecule has 1 heterocycles. The third-order valence-corrected chi connectivity index (χ3v) is 4.12. The lowest BCUT2D eigenvalue weighted by molar-refractivity contribution is 0.102. The number of nitrogens with one attached hydrogen (secondary N) is 2. The molecule has 6 nitrogen and oxygen atoms in total. The zero-order valence-electron chi connectivity index (χ0n) is 15.2. The number of methoxy groups -OCH3 is 1. The molecule has 0 aliphatic heterocycles. The molecule has 0 aliphatic rings. The first-order chi connectivity index (χ1) is 13.0. The maximum atomic E-state index is 12.7. The number of ether oxygens (including phenoxy) is 1. The summed E-state index contributed by atoms with van der Waals surface area (Å²) >= 11 is 6.02. The SMILES string of the molecule is COc1ccccc1Nc1nc(C)cc(C(=O)Nc2cc(Cl)ccc2C)n1. The summed E-state index contributed by atoms with van der Waals surface area (Å²) in [5, 5.41) is 6.49. The van der Waals surface area contributed by atoms with Crippen LogP contribution < -0.4 is 15.4 Å². The van der Waals surface area contributed by atoms with Crippen molar-refractivity contribution in [2.75, 3.05) is 17.7 Å². The molecule has 3 aromatic rings. The fraction of sp³-hybridized carbons (Fsp3) is 0.150. The molecule has 3 rings (SSSR count). The summed E-state index contributed by atoms with van der Waals surface area (Å²) in [6.07, 6.45) is 0. The number of nitrogens with zero attached hydrogens (tertiary/aromatic N) is 2. The number of rotatable bonds is 5. The normalized spacial score (nSPS) is 10.4. The second-order valence-electron chi connectivity index (χ2n) is 5.96. The number of aryl methyl sites for hydroxylation is 2. The van der Waals surface area contributed by atoms with Crippen LogP contribution in [0.15, 0.2) is 48.5 Å². The van der Waals surface area contributed by atoms with E-state index in [1.807, 2.05) is 37.3 Å². The van der Waals surface area contributed by atoms with Gasteiger partial charge in [-0.05, 0) is 49.7 Å². The van der Waals surface area contributed by atoms with E-state index in [-0.39, 0.29) is 11.6 Å². The van der Waals surface area contributed by atoms with E-state index in [4.69, 9.17) is 16.3 Å². The number of hydrogen-bond acceptors (Lipinski definition) is 5. The molecule has 1 aromatic heterocycles.